The van der Waals surface area contributed by atoms with Crippen LogP contribution in [0.15, 0.2) is 146 Å². The second kappa shape index (κ2) is 51.9. The lowest BCUT2D eigenvalue weighted by Gasteiger charge is -2.18. The monoisotopic (exact) mass is 895 g/mol. The molecule has 1 atom stereocenters. The Morgan fingerprint density at radius 1 is 0.338 bits per heavy atom. The standard InChI is InChI=1S/C59H90O6/c1-4-7-10-13-16-19-22-24-26-28-29-31-32-34-37-40-43-46-49-52-58(61)64-55-56(54-63-57(60)51-48-45-42-39-36-21-18-15-12-9-6-3)65-59(62)53-50-47-44-41-38-35-33-30-27-25-23-20-17-14-11-8-5-2/h7,10,13,15-16,18-19,21-22,24-29,31-37,41,44,56H,4-6,8-9,11-12,14,17,20,23,30,38-40,42-43,45-55H2,1-3H3/b10-7-,16-13-,18-15-,22-19-,26-24-,27-25-,29-28+,32-31-,35-33-,36-21-,37-34-,44-41-. The predicted octanol–water partition coefficient (Wildman–Crippen LogP) is 16.9. The first-order valence-electron chi connectivity index (χ1n) is 25.5. The quantitative estimate of drug-likeness (QED) is 0.0199. The van der Waals surface area contributed by atoms with Crippen LogP contribution >= 0.6 is 0 Å². The van der Waals surface area contributed by atoms with Gasteiger partial charge in [-0.15, -0.1) is 0 Å². The Labute approximate surface area is 397 Å². The SMILES string of the molecule is CC\C=C/C=C\C=C/C=C\C=C\C=C/C=C\CCCCCC(=O)OCC(COC(=O)CCCCC/C=C\C=C/CCCC)OC(=O)CCC/C=C\C/C=C\C/C=C\CCCCCCCC. The van der Waals surface area contributed by atoms with E-state index in [1.54, 1.807) is 0 Å². The summed E-state index contributed by atoms with van der Waals surface area (Å²) in [4.78, 5) is 37.9. The summed E-state index contributed by atoms with van der Waals surface area (Å²) in [5.74, 6) is -1.07. The number of hydrogen-bond acceptors (Lipinski definition) is 6. The molecule has 6 heteroatoms. The molecule has 0 saturated heterocycles. The van der Waals surface area contributed by atoms with Gasteiger partial charge in [-0.25, -0.2) is 0 Å². The second-order valence-electron chi connectivity index (χ2n) is 16.2. The van der Waals surface area contributed by atoms with Gasteiger partial charge in [0.2, 0.25) is 0 Å². The molecule has 0 aromatic heterocycles. The minimum absolute atomic E-state index is 0.134. The molecule has 0 rings (SSSR count). The first-order valence-corrected chi connectivity index (χ1v) is 25.5. The van der Waals surface area contributed by atoms with E-state index in [9.17, 15) is 14.4 Å². The van der Waals surface area contributed by atoms with Gasteiger partial charge >= 0.3 is 17.9 Å². The number of carbonyl (C=O) groups is 3. The highest BCUT2D eigenvalue weighted by Gasteiger charge is 2.19. The summed E-state index contributed by atoms with van der Waals surface area (Å²) in [6, 6.07) is 0. The van der Waals surface area contributed by atoms with Crippen molar-refractivity contribution in [1.29, 1.82) is 0 Å². The van der Waals surface area contributed by atoms with Crippen LogP contribution in [-0.4, -0.2) is 37.2 Å². The van der Waals surface area contributed by atoms with Gasteiger partial charge in [-0.2, -0.15) is 0 Å². The van der Waals surface area contributed by atoms with Crippen LogP contribution in [0.3, 0.4) is 0 Å². The zero-order valence-electron chi connectivity index (χ0n) is 41.2. The Balaban J connectivity index is 4.62. The summed E-state index contributed by atoms with van der Waals surface area (Å²) in [5.41, 5.74) is 0. The number of ether oxygens (including phenoxy) is 3. The first kappa shape index (κ1) is 60.3. The van der Waals surface area contributed by atoms with E-state index >= 15 is 0 Å². The normalized spacial score (nSPS) is 13.3. The fourth-order valence-corrected chi connectivity index (χ4v) is 6.18. The Bertz CT molecular complexity index is 1490. The van der Waals surface area contributed by atoms with Crippen molar-refractivity contribution in [3.8, 4) is 0 Å². The molecule has 0 aliphatic carbocycles. The van der Waals surface area contributed by atoms with E-state index in [0.29, 0.717) is 19.3 Å². The minimum atomic E-state index is -0.840. The molecule has 0 aromatic rings. The lowest BCUT2D eigenvalue weighted by atomic mass is 10.1. The Morgan fingerprint density at radius 3 is 1.18 bits per heavy atom. The molecule has 1 unspecified atom stereocenters. The van der Waals surface area contributed by atoms with Gasteiger partial charge in [-0.3, -0.25) is 14.4 Å². The maximum absolute atomic E-state index is 12.8. The van der Waals surface area contributed by atoms with Gasteiger partial charge in [0.05, 0.1) is 0 Å². The van der Waals surface area contributed by atoms with Gasteiger partial charge < -0.3 is 14.2 Å². The summed E-state index contributed by atoms with van der Waals surface area (Å²) in [5, 5.41) is 0. The fourth-order valence-electron chi connectivity index (χ4n) is 6.18. The first-order chi connectivity index (χ1) is 32.0. The molecular formula is C59H90O6. The number of carbonyl (C=O) groups excluding carboxylic acids is 3. The van der Waals surface area contributed by atoms with Crippen molar-refractivity contribution in [2.75, 3.05) is 13.2 Å². The number of unbranched alkanes of at least 4 members (excludes halogenated alkanes) is 15. The topological polar surface area (TPSA) is 78.9 Å². The summed E-state index contributed by atoms with van der Waals surface area (Å²) in [6.07, 6.45) is 74.0. The van der Waals surface area contributed by atoms with E-state index in [1.807, 2.05) is 72.9 Å². The lowest BCUT2D eigenvalue weighted by Crippen LogP contribution is -2.30. The van der Waals surface area contributed by atoms with Gasteiger partial charge in [0.1, 0.15) is 13.2 Å². The molecule has 362 valence electrons. The van der Waals surface area contributed by atoms with E-state index < -0.39 is 6.10 Å². The maximum atomic E-state index is 12.8. The van der Waals surface area contributed by atoms with Gasteiger partial charge in [0.25, 0.3) is 0 Å². The Morgan fingerprint density at radius 2 is 0.692 bits per heavy atom. The van der Waals surface area contributed by atoms with Crippen LogP contribution in [0.2, 0.25) is 0 Å². The van der Waals surface area contributed by atoms with Crippen molar-refractivity contribution in [2.24, 2.45) is 0 Å². The third-order valence-electron chi connectivity index (χ3n) is 10.0. The van der Waals surface area contributed by atoms with Crippen LogP contribution < -0.4 is 0 Å². The van der Waals surface area contributed by atoms with Crippen LogP contribution in [-0.2, 0) is 28.6 Å². The molecule has 0 aliphatic heterocycles. The zero-order valence-corrected chi connectivity index (χ0v) is 41.2. The minimum Gasteiger partial charge on any atom is -0.462 e. The van der Waals surface area contributed by atoms with E-state index in [1.165, 1.54) is 57.8 Å². The summed E-state index contributed by atoms with van der Waals surface area (Å²) in [6.45, 7) is 6.29. The van der Waals surface area contributed by atoms with Crippen molar-refractivity contribution in [2.45, 2.75) is 194 Å². The maximum Gasteiger partial charge on any atom is 0.306 e. The summed E-state index contributed by atoms with van der Waals surface area (Å²) < 4.78 is 16.7. The molecule has 65 heavy (non-hydrogen) atoms. The van der Waals surface area contributed by atoms with Crippen molar-refractivity contribution < 1.29 is 28.6 Å². The fraction of sp³-hybridized carbons (Fsp3) is 0.542. The van der Waals surface area contributed by atoms with E-state index in [2.05, 4.69) is 93.7 Å². The molecule has 0 aliphatic rings. The molecule has 0 amide bonds. The highest BCUT2D eigenvalue weighted by molar-refractivity contribution is 5.71. The third kappa shape index (κ3) is 50.2. The molecule has 0 heterocycles. The highest BCUT2D eigenvalue weighted by Crippen LogP contribution is 2.11. The van der Waals surface area contributed by atoms with Crippen LogP contribution in [0.25, 0.3) is 0 Å². The molecule has 0 N–H and O–H groups in total. The van der Waals surface area contributed by atoms with Crippen molar-refractivity contribution in [3.05, 3.63) is 146 Å². The van der Waals surface area contributed by atoms with Gasteiger partial charge in [-0.1, -0.05) is 224 Å². The summed E-state index contributed by atoms with van der Waals surface area (Å²) in [7, 11) is 0. The predicted molar refractivity (Wildman–Crippen MR) is 279 cm³/mol. The largest absolute Gasteiger partial charge is 0.462 e. The average molecular weight is 895 g/mol. The van der Waals surface area contributed by atoms with Crippen LogP contribution in [0.5, 0.6) is 0 Å². The Hall–Kier alpha value is -4.71. The lowest BCUT2D eigenvalue weighted by molar-refractivity contribution is -0.167. The number of hydrogen-bond donors (Lipinski definition) is 0. The van der Waals surface area contributed by atoms with Crippen molar-refractivity contribution in [3.63, 3.8) is 0 Å². The molecule has 0 aromatic carbocycles. The van der Waals surface area contributed by atoms with Crippen molar-refractivity contribution >= 4 is 17.9 Å². The van der Waals surface area contributed by atoms with Crippen molar-refractivity contribution in [1.82, 2.24) is 0 Å². The van der Waals surface area contributed by atoms with E-state index in [4.69, 9.17) is 14.2 Å². The molecule has 0 radical (unpaired) electrons. The van der Waals surface area contributed by atoms with Gasteiger partial charge in [0.15, 0.2) is 6.10 Å². The molecule has 0 bridgehead atoms. The van der Waals surface area contributed by atoms with Gasteiger partial charge in [-0.05, 0) is 89.9 Å². The van der Waals surface area contributed by atoms with Crippen LogP contribution in [0, 0.1) is 0 Å². The summed E-state index contributed by atoms with van der Waals surface area (Å²) >= 11 is 0. The molecule has 0 spiro atoms. The number of rotatable bonds is 43. The van der Waals surface area contributed by atoms with Crippen LogP contribution in [0.1, 0.15) is 188 Å². The molecular weight excluding hydrogens is 805 g/mol. The smallest absolute Gasteiger partial charge is 0.306 e. The van der Waals surface area contributed by atoms with Gasteiger partial charge in [0, 0.05) is 19.3 Å². The zero-order chi connectivity index (χ0) is 47.2. The highest BCUT2D eigenvalue weighted by atomic mass is 16.6. The third-order valence-corrected chi connectivity index (χ3v) is 10.0. The molecule has 6 nitrogen and oxygen atoms in total. The second-order valence-corrected chi connectivity index (χ2v) is 16.2. The van der Waals surface area contributed by atoms with Crippen LogP contribution in [0.4, 0.5) is 0 Å². The van der Waals surface area contributed by atoms with E-state index in [-0.39, 0.29) is 44.0 Å². The number of allylic oxidation sites excluding steroid dienone is 24. The molecule has 0 saturated carbocycles. The molecule has 0 fully saturated rings. The Kier molecular flexibility index (Phi) is 48.2. The van der Waals surface area contributed by atoms with E-state index in [0.717, 1.165) is 77.0 Å². The number of esters is 3. The average Bonchev–Trinajstić information content (AvgIpc) is 3.30.